The third-order valence-corrected chi connectivity index (χ3v) is 4.14. The molecule has 0 saturated carbocycles. The first-order valence-corrected chi connectivity index (χ1v) is 8.36. The second kappa shape index (κ2) is 7.24. The van der Waals surface area contributed by atoms with Gasteiger partial charge in [0.2, 0.25) is 0 Å². The molecular formula is C19H25N3O3. The molecule has 1 saturated heterocycles. The standard InChI is InChI=1S/C19H25N3O3/c1-18(2)9-15(10-19(3,4)22-18)21-16(23)12-25-17(24)14-7-5-13(11-20)6-8-14/h5-8,15,22H,9-10,12H2,1-4H3,(H,21,23). The second-order valence-corrected chi connectivity index (χ2v) is 7.83. The Bertz CT molecular complexity index is 671. The molecule has 134 valence electrons. The molecule has 1 aromatic rings. The summed E-state index contributed by atoms with van der Waals surface area (Å²) in [7, 11) is 0. The zero-order chi connectivity index (χ0) is 18.7. The number of hydrogen-bond donors (Lipinski definition) is 2. The number of ether oxygens (including phenoxy) is 1. The van der Waals surface area contributed by atoms with Crippen molar-refractivity contribution in [2.75, 3.05) is 6.61 Å². The van der Waals surface area contributed by atoms with Gasteiger partial charge in [0.1, 0.15) is 0 Å². The Kier molecular flexibility index (Phi) is 5.48. The van der Waals surface area contributed by atoms with Crippen molar-refractivity contribution in [2.24, 2.45) is 0 Å². The first-order valence-electron chi connectivity index (χ1n) is 8.36. The van der Waals surface area contributed by atoms with Gasteiger partial charge in [-0.15, -0.1) is 0 Å². The van der Waals surface area contributed by atoms with Crippen LogP contribution in [-0.4, -0.2) is 35.6 Å². The highest BCUT2D eigenvalue weighted by Crippen LogP contribution is 2.28. The maximum Gasteiger partial charge on any atom is 0.338 e. The molecule has 1 fully saturated rings. The van der Waals surface area contributed by atoms with E-state index in [1.165, 1.54) is 24.3 Å². The molecule has 2 rings (SSSR count). The normalized spacial score (nSPS) is 18.8. The number of nitrogens with zero attached hydrogens (tertiary/aromatic N) is 1. The third kappa shape index (κ3) is 5.57. The van der Waals surface area contributed by atoms with Gasteiger partial charge in [-0.2, -0.15) is 5.26 Å². The minimum absolute atomic E-state index is 0.0346. The van der Waals surface area contributed by atoms with E-state index >= 15 is 0 Å². The van der Waals surface area contributed by atoms with Gasteiger partial charge in [-0.25, -0.2) is 4.79 Å². The summed E-state index contributed by atoms with van der Waals surface area (Å²) in [5.41, 5.74) is 0.638. The Balaban J connectivity index is 1.85. The van der Waals surface area contributed by atoms with Gasteiger partial charge in [0.25, 0.3) is 5.91 Å². The largest absolute Gasteiger partial charge is 0.452 e. The first-order chi connectivity index (χ1) is 11.6. The van der Waals surface area contributed by atoms with Crippen LogP contribution in [0.3, 0.4) is 0 Å². The number of nitrogens with one attached hydrogen (secondary N) is 2. The van der Waals surface area contributed by atoms with E-state index in [4.69, 9.17) is 10.00 Å². The molecule has 2 N–H and O–H groups in total. The van der Waals surface area contributed by atoms with Crippen molar-refractivity contribution in [3.63, 3.8) is 0 Å². The summed E-state index contributed by atoms with van der Waals surface area (Å²) in [4.78, 5) is 24.1. The summed E-state index contributed by atoms with van der Waals surface area (Å²) in [6.45, 7) is 8.12. The number of carbonyl (C=O) groups is 2. The lowest BCUT2D eigenvalue weighted by molar-refractivity contribution is -0.125. The molecule has 0 aliphatic carbocycles. The smallest absolute Gasteiger partial charge is 0.338 e. The van der Waals surface area contributed by atoms with Crippen LogP contribution in [0.1, 0.15) is 56.5 Å². The summed E-state index contributed by atoms with van der Waals surface area (Å²) in [5, 5.41) is 15.3. The van der Waals surface area contributed by atoms with Crippen LogP contribution in [0, 0.1) is 11.3 Å². The van der Waals surface area contributed by atoms with Gasteiger partial charge in [0, 0.05) is 17.1 Å². The van der Waals surface area contributed by atoms with Gasteiger partial charge in [-0.3, -0.25) is 4.79 Å². The van der Waals surface area contributed by atoms with Crippen molar-refractivity contribution in [3.8, 4) is 6.07 Å². The van der Waals surface area contributed by atoms with Crippen molar-refractivity contribution >= 4 is 11.9 Å². The van der Waals surface area contributed by atoms with Crippen LogP contribution in [0.2, 0.25) is 0 Å². The maximum absolute atomic E-state index is 12.1. The SMILES string of the molecule is CC1(C)CC(NC(=O)COC(=O)c2ccc(C#N)cc2)CC(C)(C)N1. The van der Waals surface area contributed by atoms with Crippen molar-refractivity contribution in [3.05, 3.63) is 35.4 Å². The van der Waals surface area contributed by atoms with E-state index in [1.54, 1.807) is 0 Å². The molecule has 6 nitrogen and oxygen atoms in total. The van der Waals surface area contributed by atoms with Crippen LogP contribution in [0.4, 0.5) is 0 Å². The van der Waals surface area contributed by atoms with Crippen LogP contribution in [0.15, 0.2) is 24.3 Å². The number of amides is 1. The third-order valence-electron chi connectivity index (χ3n) is 4.14. The summed E-state index contributed by atoms with van der Waals surface area (Å²) in [6, 6.07) is 8.11. The van der Waals surface area contributed by atoms with Crippen LogP contribution in [0.5, 0.6) is 0 Å². The molecule has 0 aromatic heterocycles. The highest BCUT2D eigenvalue weighted by molar-refractivity contribution is 5.91. The van der Waals surface area contributed by atoms with E-state index in [0.717, 1.165) is 12.8 Å². The Morgan fingerprint density at radius 2 is 1.76 bits per heavy atom. The number of hydrogen-bond acceptors (Lipinski definition) is 5. The highest BCUT2D eigenvalue weighted by atomic mass is 16.5. The molecule has 0 unspecified atom stereocenters. The fourth-order valence-corrected chi connectivity index (χ4v) is 3.59. The summed E-state index contributed by atoms with van der Waals surface area (Å²) in [6.07, 6.45) is 1.62. The zero-order valence-corrected chi connectivity index (χ0v) is 15.2. The Labute approximate surface area is 148 Å². The quantitative estimate of drug-likeness (QED) is 0.817. The molecule has 1 aliphatic heterocycles. The van der Waals surface area contributed by atoms with Crippen LogP contribution in [-0.2, 0) is 9.53 Å². The Hall–Kier alpha value is -2.39. The fourth-order valence-electron chi connectivity index (χ4n) is 3.59. The molecular weight excluding hydrogens is 318 g/mol. The van der Waals surface area contributed by atoms with E-state index in [-0.39, 0.29) is 29.6 Å². The lowest BCUT2D eigenvalue weighted by Crippen LogP contribution is -2.62. The van der Waals surface area contributed by atoms with Gasteiger partial charge in [-0.1, -0.05) is 0 Å². The van der Waals surface area contributed by atoms with Gasteiger partial charge < -0.3 is 15.4 Å². The number of esters is 1. The van der Waals surface area contributed by atoms with Crippen LogP contribution >= 0.6 is 0 Å². The molecule has 0 spiro atoms. The minimum atomic E-state index is -0.578. The number of rotatable bonds is 4. The zero-order valence-electron chi connectivity index (χ0n) is 15.2. The second-order valence-electron chi connectivity index (χ2n) is 7.83. The topological polar surface area (TPSA) is 91.2 Å². The molecule has 1 aliphatic rings. The Morgan fingerprint density at radius 3 is 2.28 bits per heavy atom. The number of nitriles is 1. The van der Waals surface area contributed by atoms with E-state index in [0.29, 0.717) is 11.1 Å². The van der Waals surface area contributed by atoms with Gasteiger partial charge in [-0.05, 0) is 64.8 Å². The lowest BCUT2D eigenvalue weighted by Gasteiger charge is -2.46. The fraction of sp³-hybridized carbons (Fsp3) is 0.526. The first kappa shape index (κ1) is 18.9. The Morgan fingerprint density at radius 1 is 1.20 bits per heavy atom. The van der Waals surface area contributed by atoms with Crippen molar-refractivity contribution in [1.29, 1.82) is 5.26 Å². The monoisotopic (exact) mass is 343 g/mol. The molecule has 1 aromatic carbocycles. The van der Waals surface area contributed by atoms with Crippen molar-refractivity contribution < 1.29 is 14.3 Å². The molecule has 1 amide bonds. The number of carbonyl (C=O) groups excluding carboxylic acids is 2. The molecule has 1 heterocycles. The lowest BCUT2D eigenvalue weighted by atomic mass is 9.79. The summed E-state index contributed by atoms with van der Waals surface area (Å²) in [5.74, 6) is -0.883. The number of piperidine rings is 1. The van der Waals surface area contributed by atoms with E-state index < -0.39 is 5.97 Å². The summed E-state index contributed by atoms with van der Waals surface area (Å²) < 4.78 is 5.06. The maximum atomic E-state index is 12.1. The molecule has 25 heavy (non-hydrogen) atoms. The predicted octanol–water partition coefficient (Wildman–Crippen LogP) is 2.14. The van der Waals surface area contributed by atoms with Gasteiger partial charge in [0.05, 0.1) is 17.2 Å². The molecule has 0 atom stereocenters. The molecule has 0 bridgehead atoms. The van der Waals surface area contributed by atoms with E-state index in [1.807, 2.05) is 6.07 Å². The van der Waals surface area contributed by atoms with Gasteiger partial charge >= 0.3 is 5.97 Å². The molecule has 0 radical (unpaired) electrons. The van der Waals surface area contributed by atoms with Crippen LogP contribution in [0.25, 0.3) is 0 Å². The van der Waals surface area contributed by atoms with Crippen LogP contribution < -0.4 is 10.6 Å². The molecule has 6 heteroatoms. The summed E-state index contributed by atoms with van der Waals surface area (Å²) >= 11 is 0. The highest BCUT2D eigenvalue weighted by Gasteiger charge is 2.38. The predicted molar refractivity (Wildman–Crippen MR) is 93.9 cm³/mol. The van der Waals surface area contributed by atoms with Gasteiger partial charge in [0.15, 0.2) is 6.61 Å². The van der Waals surface area contributed by atoms with E-state index in [9.17, 15) is 9.59 Å². The number of benzene rings is 1. The van der Waals surface area contributed by atoms with Crippen molar-refractivity contribution in [1.82, 2.24) is 10.6 Å². The minimum Gasteiger partial charge on any atom is -0.452 e. The average molecular weight is 343 g/mol. The average Bonchev–Trinajstić information content (AvgIpc) is 2.49. The van der Waals surface area contributed by atoms with Crippen molar-refractivity contribution in [2.45, 2.75) is 57.7 Å². The van der Waals surface area contributed by atoms with E-state index in [2.05, 4.69) is 38.3 Å².